The first-order valence-electron chi connectivity index (χ1n) is 3.05. The maximum Gasteiger partial charge on any atom is 0.316 e. The number of hydrogen-bond acceptors (Lipinski definition) is 4. The fourth-order valence-electron chi connectivity index (χ4n) is 0.709. The average Bonchev–Trinajstić information content (AvgIpc) is 2.08. The molecule has 1 rings (SSSR count). The molecule has 0 unspecified atom stereocenters. The number of phenolic OH excluding ortho intramolecular Hbond substituents is 2. The highest BCUT2D eigenvalue weighted by Gasteiger charge is 2.07. The summed E-state index contributed by atoms with van der Waals surface area (Å²) in [5, 5.41) is 19.9. The van der Waals surface area contributed by atoms with Gasteiger partial charge in [-0.25, -0.2) is 0 Å². The minimum Gasteiger partial charge on any atom is -0.504 e. The lowest BCUT2D eigenvalue weighted by Crippen LogP contribution is -1.91. The molecule has 12 heavy (non-hydrogen) atoms. The second kappa shape index (κ2) is 3.00. The number of rotatable bonds is 1. The van der Waals surface area contributed by atoms with E-state index in [2.05, 4.69) is 5.18 Å². The number of carbonyl (C=O) groups excluding carboxylic acids is 1. The SMILES string of the molecule is O=NC(=O)c1ccc(O)c(O)c1. The van der Waals surface area contributed by atoms with E-state index in [-0.39, 0.29) is 11.3 Å². The van der Waals surface area contributed by atoms with Gasteiger partial charge in [-0.15, -0.1) is 4.91 Å². The molecular weight excluding hydrogens is 162 g/mol. The Labute approximate surface area is 67.2 Å². The van der Waals surface area contributed by atoms with Crippen molar-refractivity contribution in [1.82, 2.24) is 0 Å². The van der Waals surface area contributed by atoms with Crippen LogP contribution in [0.5, 0.6) is 11.5 Å². The number of hydrogen-bond donors (Lipinski definition) is 2. The maximum absolute atomic E-state index is 10.6. The number of nitrogens with zero attached hydrogens (tertiary/aromatic N) is 1. The first-order chi connectivity index (χ1) is 5.65. The van der Waals surface area contributed by atoms with Crippen LogP contribution in [-0.4, -0.2) is 16.1 Å². The third kappa shape index (κ3) is 1.39. The molecule has 2 N–H and O–H groups in total. The van der Waals surface area contributed by atoms with Gasteiger partial charge in [-0.3, -0.25) is 4.79 Å². The lowest BCUT2D eigenvalue weighted by Gasteiger charge is -1.97. The normalized spacial score (nSPS) is 9.33. The van der Waals surface area contributed by atoms with E-state index in [0.29, 0.717) is 0 Å². The monoisotopic (exact) mass is 167 g/mol. The quantitative estimate of drug-likeness (QED) is 0.482. The average molecular weight is 167 g/mol. The second-order valence-electron chi connectivity index (χ2n) is 2.10. The van der Waals surface area contributed by atoms with Gasteiger partial charge < -0.3 is 10.2 Å². The third-order valence-corrected chi connectivity index (χ3v) is 1.31. The molecule has 1 aromatic rings. The molecule has 0 saturated heterocycles. The van der Waals surface area contributed by atoms with Gasteiger partial charge >= 0.3 is 5.91 Å². The van der Waals surface area contributed by atoms with Crippen molar-refractivity contribution in [2.75, 3.05) is 0 Å². The summed E-state index contributed by atoms with van der Waals surface area (Å²) in [4.78, 5) is 20.4. The van der Waals surface area contributed by atoms with Crippen LogP contribution in [0.1, 0.15) is 10.4 Å². The van der Waals surface area contributed by atoms with Crippen molar-refractivity contribution in [2.24, 2.45) is 5.18 Å². The minimum absolute atomic E-state index is 0.0553. The van der Waals surface area contributed by atoms with Crippen LogP contribution in [0.2, 0.25) is 0 Å². The van der Waals surface area contributed by atoms with Gasteiger partial charge in [0.25, 0.3) is 0 Å². The molecule has 62 valence electrons. The van der Waals surface area contributed by atoms with Crippen LogP contribution in [0, 0.1) is 4.91 Å². The summed E-state index contributed by atoms with van der Waals surface area (Å²) in [5.41, 5.74) is -0.0553. The predicted octanol–water partition coefficient (Wildman–Crippen LogP) is 1.00. The van der Waals surface area contributed by atoms with Gasteiger partial charge in [-0.1, -0.05) is 0 Å². The van der Waals surface area contributed by atoms with E-state index in [9.17, 15) is 9.70 Å². The molecule has 0 atom stereocenters. The number of phenols is 2. The molecule has 1 amide bonds. The molecule has 0 aromatic heterocycles. The van der Waals surface area contributed by atoms with Gasteiger partial charge in [0, 0.05) is 10.7 Å². The Morgan fingerprint density at radius 3 is 2.42 bits per heavy atom. The summed E-state index contributed by atoms with van der Waals surface area (Å²) < 4.78 is 0. The highest BCUT2D eigenvalue weighted by atomic mass is 16.3. The summed E-state index contributed by atoms with van der Waals surface area (Å²) in [6.45, 7) is 0. The highest BCUT2D eigenvalue weighted by molar-refractivity contribution is 5.95. The standard InChI is InChI=1S/C7H5NO4/c9-5-2-1-4(3-6(5)10)7(11)8-12/h1-3,9-10H. The van der Waals surface area contributed by atoms with Crippen LogP contribution in [-0.2, 0) is 0 Å². The summed E-state index contributed by atoms with van der Waals surface area (Å²) in [6, 6.07) is 3.27. The number of nitroso groups, excluding NO2 is 1. The first kappa shape index (κ1) is 8.19. The third-order valence-electron chi connectivity index (χ3n) is 1.31. The van der Waals surface area contributed by atoms with Crippen LogP contribution < -0.4 is 0 Å². The van der Waals surface area contributed by atoms with Crippen LogP contribution in [0.15, 0.2) is 23.4 Å². The molecule has 0 saturated carbocycles. The Kier molecular flexibility index (Phi) is 2.05. The molecule has 5 nitrogen and oxygen atoms in total. The van der Waals surface area contributed by atoms with Crippen molar-refractivity contribution in [2.45, 2.75) is 0 Å². The van der Waals surface area contributed by atoms with E-state index in [1.165, 1.54) is 6.07 Å². The largest absolute Gasteiger partial charge is 0.504 e. The van der Waals surface area contributed by atoms with Crippen LogP contribution in [0.3, 0.4) is 0 Å². The van der Waals surface area contributed by atoms with Gasteiger partial charge in [-0.05, 0) is 18.2 Å². The predicted molar refractivity (Wildman–Crippen MR) is 39.9 cm³/mol. The lowest BCUT2D eigenvalue weighted by atomic mass is 10.2. The molecule has 0 aliphatic rings. The number of benzene rings is 1. The topological polar surface area (TPSA) is 87.0 Å². The molecule has 0 fully saturated rings. The van der Waals surface area contributed by atoms with Crippen molar-refractivity contribution in [3.8, 4) is 11.5 Å². The van der Waals surface area contributed by atoms with E-state index in [1.54, 1.807) is 0 Å². The molecule has 0 aliphatic carbocycles. The Balaban J connectivity index is 3.13. The van der Waals surface area contributed by atoms with Gasteiger partial charge in [0.1, 0.15) is 0 Å². The van der Waals surface area contributed by atoms with Crippen molar-refractivity contribution in [1.29, 1.82) is 0 Å². The Bertz CT molecular complexity index is 334. The van der Waals surface area contributed by atoms with Gasteiger partial charge in [0.2, 0.25) is 0 Å². The Hall–Kier alpha value is -1.91. The fraction of sp³-hybridized carbons (Fsp3) is 0. The number of amides is 1. The molecule has 0 spiro atoms. The number of aromatic hydroxyl groups is 2. The summed E-state index contributed by atoms with van der Waals surface area (Å²) in [7, 11) is 0. The van der Waals surface area contributed by atoms with Crippen molar-refractivity contribution < 1.29 is 15.0 Å². The zero-order chi connectivity index (χ0) is 9.14. The van der Waals surface area contributed by atoms with Crippen LogP contribution in [0.25, 0.3) is 0 Å². The molecule has 0 bridgehead atoms. The molecule has 0 radical (unpaired) electrons. The Morgan fingerprint density at radius 1 is 1.25 bits per heavy atom. The van der Waals surface area contributed by atoms with E-state index >= 15 is 0 Å². The highest BCUT2D eigenvalue weighted by Crippen LogP contribution is 2.24. The van der Waals surface area contributed by atoms with E-state index in [4.69, 9.17) is 10.2 Å². The van der Waals surface area contributed by atoms with Crippen molar-refractivity contribution >= 4 is 5.91 Å². The Morgan fingerprint density at radius 2 is 1.92 bits per heavy atom. The molecular formula is C7H5NO4. The van der Waals surface area contributed by atoms with Gasteiger partial charge in [0.15, 0.2) is 11.5 Å². The first-order valence-corrected chi connectivity index (χ1v) is 3.05. The summed E-state index contributed by atoms with van der Waals surface area (Å²) in [6.07, 6.45) is 0. The lowest BCUT2D eigenvalue weighted by molar-refractivity contribution is 0.100. The molecule has 0 heterocycles. The van der Waals surface area contributed by atoms with E-state index in [0.717, 1.165) is 12.1 Å². The van der Waals surface area contributed by atoms with Crippen molar-refractivity contribution in [3.63, 3.8) is 0 Å². The fourth-order valence-corrected chi connectivity index (χ4v) is 0.709. The summed E-state index contributed by atoms with van der Waals surface area (Å²) >= 11 is 0. The van der Waals surface area contributed by atoms with Gasteiger partial charge in [-0.2, -0.15) is 0 Å². The summed E-state index contributed by atoms with van der Waals surface area (Å²) in [5.74, 6) is -1.78. The molecule has 5 heteroatoms. The maximum atomic E-state index is 10.6. The minimum atomic E-state index is -0.981. The zero-order valence-corrected chi connectivity index (χ0v) is 5.89. The number of carbonyl (C=O) groups is 1. The van der Waals surface area contributed by atoms with Crippen LogP contribution >= 0.6 is 0 Å². The van der Waals surface area contributed by atoms with Gasteiger partial charge in [0.05, 0.1) is 0 Å². The van der Waals surface area contributed by atoms with Crippen LogP contribution in [0.4, 0.5) is 0 Å². The smallest absolute Gasteiger partial charge is 0.316 e. The molecule has 0 aliphatic heterocycles. The van der Waals surface area contributed by atoms with E-state index < -0.39 is 11.7 Å². The molecule has 1 aromatic carbocycles. The zero-order valence-electron chi connectivity index (χ0n) is 5.89. The van der Waals surface area contributed by atoms with Crippen molar-refractivity contribution in [3.05, 3.63) is 28.7 Å². The second-order valence-corrected chi connectivity index (χ2v) is 2.10. The van der Waals surface area contributed by atoms with E-state index in [1.807, 2.05) is 0 Å².